The largest absolute Gasteiger partial charge is 0.416 e. The first-order valence-corrected chi connectivity index (χ1v) is 13.0. The van der Waals surface area contributed by atoms with Gasteiger partial charge in [0, 0.05) is 27.5 Å². The summed E-state index contributed by atoms with van der Waals surface area (Å²) in [5.41, 5.74) is 11.6. The third kappa shape index (κ3) is 3.94. The van der Waals surface area contributed by atoms with E-state index in [-0.39, 0.29) is 12.1 Å². The maximum absolute atomic E-state index is 13.3. The van der Waals surface area contributed by atoms with E-state index in [2.05, 4.69) is 31.0 Å². The minimum atomic E-state index is -4.53. The average Bonchev–Trinajstić information content (AvgIpc) is 3.45. The van der Waals surface area contributed by atoms with Gasteiger partial charge in [-0.05, 0) is 71.0 Å². The minimum Gasteiger partial charge on any atom is -0.366 e. The lowest BCUT2D eigenvalue weighted by atomic mass is 9.92. The van der Waals surface area contributed by atoms with Gasteiger partial charge in [-0.25, -0.2) is 0 Å². The summed E-state index contributed by atoms with van der Waals surface area (Å²) in [7, 11) is 0. The third-order valence-corrected chi connectivity index (χ3v) is 7.84. The van der Waals surface area contributed by atoms with Gasteiger partial charge in [0.25, 0.3) is 11.8 Å². The van der Waals surface area contributed by atoms with E-state index in [0.717, 1.165) is 50.7 Å². The summed E-state index contributed by atoms with van der Waals surface area (Å²) in [5, 5.41) is 1.78. The summed E-state index contributed by atoms with van der Waals surface area (Å²) in [6.45, 7) is 6.29. The number of aromatic nitrogens is 1. The monoisotopic (exact) mass is 541 g/mol. The molecule has 0 fully saturated rings. The van der Waals surface area contributed by atoms with Crippen molar-refractivity contribution in [3.63, 3.8) is 0 Å². The third-order valence-electron chi connectivity index (χ3n) is 7.84. The second-order valence-electron chi connectivity index (χ2n) is 10.6. The molecular formula is C32H26F3N3O2. The zero-order chi connectivity index (χ0) is 28.5. The number of fused-ring (bicyclic) bond motifs is 4. The first-order valence-electron chi connectivity index (χ1n) is 13.0. The van der Waals surface area contributed by atoms with E-state index in [1.165, 1.54) is 11.0 Å². The molecule has 4 aromatic carbocycles. The number of aromatic amines is 1. The molecule has 2 amide bonds. The lowest BCUT2D eigenvalue weighted by molar-refractivity contribution is -0.137. The summed E-state index contributed by atoms with van der Waals surface area (Å²) in [4.78, 5) is 30.6. The van der Waals surface area contributed by atoms with E-state index in [0.29, 0.717) is 28.2 Å². The van der Waals surface area contributed by atoms with Crippen LogP contribution in [0.2, 0.25) is 0 Å². The molecular weight excluding hydrogens is 515 g/mol. The van der Waals surface area contributed by atoms with Crippen molar-refractivity contribution in [1.82, 2.24) is 4.98 Å². The molecule has 3 N–H and O–H groups in total. The van der Waals surface area contributed by atoms with Crippen LogP contribution >= 0.6 is 0 Å². The molecule has 0 spiro atoms. The fraction of sp³-hybridized carbons (Fsp3) is 0.188. The van der Waals surface area contributed by atoms with Crippen LogP contribution in [0.15, 0.2) is 66.7 Å². The molecule has 5 nitrogen and oxygen atoms in total. The Morgan fingerprint density at radius 2 is 1.75 bits per heavy atom. The second-order valence-corrected chi connectivity index (χ2v) is 10.6. The zero-order valence-corrected chi connectivity index (χ0v) is 22.1. The first kappa shape index (κ1) is 25.7. The molecule has 6 rings (SSSR count). The van der Waals surface area contributed by atoms with Crippen LogP contribution in [0.1, 0.15) is 62.7 Å². The number of primary amides is 1. The number of hydrogen-bond acceptors (Lipinski definition) is 2. The summed E-state index contributed by atoms with van der Waals surface area (Å²) >= 11 is 0. The van der Waals surface area contributed by atoms with Gasteiger partial charge in [0.2, 0.25) is 0 Å². The predicted molar refractivity (Wildman–Crippen MR) is 151 cm³/mol. The van der Waals surface area contributed by atoms with Crippen LogP contribution in [0.5, 0.6) is 0 Å². The molecule has 0 atom stereocenters. The summed E-state index contributed by atoms with van der Waals surface area (Å²) in [6.07, 6.45) is -4.53. The quantitative estimate of drug-likeness (QED) is 0.245. The zero-order valence-electron chi connectivity index (χ0n) is 22.1. The first-order chi connectivity index (χ1) is 19.0. The van der Waals surface area contributed by atoms with Gasteiger partial charge >= 0.3 is 6.18 Å². The fourth-order valence-electron chi connectivity index (χ4n) is 5.70. The fourth-order valence-corrected chi connectivity index (χ4v) is 5.70. The van der Waals surface area contributed by atoms with Crippen LogP contribution in [-0.4, -0.2) is 16.8 Å². The molecule has 1 aliphatic heterocycles. The van der Waals surface area contributed by atoms with Gasteiger partial charge in [-0.3, -0.25) is 9.59 Å². The molecule has 202 valence electrons. The molecule has 40 heavy (non-hydrogen) atoms. The highest BCUT2D eigenvalue weighted by Crippen LogP contribution is 2.42. The maximum atomic E-state index is 13.3. The van der Waals surface area contributed by atoms with Gasteiger partial charge in [-0.2, -0.15) is 13.2 Å². The number of nitrogens with zero attached hydrogens (tertiary/aromatic N) is 1. The number of carbonyl (C=O) groups excluding carboxylic acids is 2. The van der Waals surface area contributed by atoms with E-state index in [4.69, 9.17) is 5.73 Å². The molecule has 0 unspecified atom stereocenters. The Bertz CT molecular complexity index is 1870. The highest BCUT2D eigenvalue weighted by molar-refractivity contribution is 6.20. The topological polar surface area (TPSA) is 79.2 Å². The Hall–Kier alpha value is -4.59. The number of benzene rings is 4. The van der Waals surface area contributed by atoms with Crippen LogP contribution in [0.25, 0.3) is 32.9 Å². The molecule has 1 aliphatic rings. The molecule has 0 bridgehead atoms. The normalized spacial score (nSPS) is 13.6. The number of halogens is 3. The van der Waals surface area contributed by atoms with Gasteiger partial charge < -0.3 is 15.6 Å². The van der Waals surface area contributed by atoms with Crippen molar-refractivity contribution in [3.8, 4) is 11.1 Å². The van der Waals surface area contributed by atoms with Crippen LogP contribution in [0.4, 0.5) is 18.9 Å². The van der Waals surface area contributed by atoms with E-state index < -0.39 is 23.6 Å². The van der Waals surface area contributed by atoms with Crippen LogP contribution in [0, 0.1) is 6.92 Å². The maximum Gasteiger partial charge on any atom is 0.416 e. The van der Waals surface area contributed by atoms with Crippen molar-refractivity contribution in [2.24, 2.45) is 5.73 Å². The Morgan fingerprint density at radius 1 is 0.975 bits per heavy atom. The highest BCUT2D eigenvalue weighted by atomic mass is 19.4. The molecule has 0 aliphatic carbocycles. The average molecular weight is 542 g/mol. The Labute approximate surface area is 228 Å². The number of nitrogens with two attached hydrogens (primary N) is 1. The number of nitrogens with one attached hydrogen (secondary N) is 1. The lowest BCUT2D eigenvalue weighted by Crippen LogP contribution is -2.24. The number of rotatable bonds is 4. The molecule has 2 heterocycles. The predicted octanol–water partition coefficient (Wildman–Crippen LogP) is 7.70. The molecule has 8 heteroatoms. The molecule has 0 saturated carbocycles. The van der Waals surface area contributed by atoms with Crippen LogP contribution in [0.3, 0.4) is 0 Å². The molecule has 0 radical (unpaired) electrons. The highest BCUT2D eigenvalue weighted by Gasteiger charge is 2.36. The SMILES string of the molecule is Cc1c(-c2ccc(C(N)=O)c3[nH]c4cc(C(C)C)ccc4c23)cccc1N1Cc2ccc(C(F)(F)F)cc2C1=O. The van der Waals surface area contributed by atoms with Crippen molar-refractivity contribution >= 4 is 39.3 Å². The number of amides is 2. The van der Waals surface area contributed by atoms with Crippen molar-refractivity contribution in [2.75, 3.05) is 4.90 Å². The van der Waals surface area contributed by atoms with E-state index >= 15 is 0 Å². The van der Waals surface area contributed by atoms with Gasteiger partial charge in [-0.1, -0.05) is 50.2 Å². The molecule has 5 aromatic rings. The van der Waals surface area contributed by atoms with E-state index in [1.807, 2.05) is 31.2 Å². The number of alkyl halides is 3. The summed E-state index contributed by atoms with van der Waals surface area (Å²) < 4.78 is 39.9. The van der Waals surface area contributed by atoms with E-state index in [9.17, 15) is 22.8 Å². The number of carbonyl (C=O) groups is 2. The standard InChI is InChI=1S/C32H26F3N3O2/c1-16(2)18-8-10-23-26(13-18)37-29-24(30(36)39)12-11-22(28(23)29)21-5-4-6-27(17(21)3)38-15-19-7-9-20(32(33,34)35)14-25(19)31(38)40/h4-14,16,37H,15H2,1-3H3,(H2,36,39). The second kappa shape index (κ2) is 8.98. The number of hydrogen-bond donors (Lipinski definition) is 2. The minimum absolute atomic E-state index is 0.0606. The van der Waals surface area contributed by atoms with Crippen molar-refractivity contribution in [2.45, 2.75) is 39.4 Å². The molecule has 0 saturated heterocycles. The van der Waals surface area contributed by atoms with Crippen molar-refractivity contribution in [3.05, 3.63) is 100 Å². The van der Waals surface area contributed by atoms with Gasteiger partial charge in [0.15, 0.2) is 0 Å². The van der Waals surface area contributed by atoms with E-state index in [1.54, 1.807) is 12.1 Å². The van der Waals surface area contributed by atoms with Gasteiger partial charge in [0.05, 0.1) is 23.2 Å². The van der Waals surface area contributed by atoms with Gasteiger partial charge in [0.1, 0.15) is 0 Å². The Morgan fingerprint density at radius 3 is 2.45 bits per heavy atom. The van der Waals surface area contributed by atoms with Gasteiger partial charge in [-0.15, -0.1) is 0 Å². The van der Waals surface area contributed by atoms with Crippen LogP contribution in [-0.2, 0) is 12.7 Å². The van der Waals surface area contributed by atoms with Crippen molar-refractivity contribution < 1.29 is 22.8 Å². The number of anilines is 1. The Kier molecular flexibility index (Phi) is 5.76. The summed E-state index contributed by atoms with van der Waals surface area (Å²) in [5.74, 6) is -0.695. The van der Waals surface area contributed by atoms with Crippen molar-refractivity contribution in [1.29, 1.82) is 0 Å². The Balaban J connectivity index is 1.51. The molecule has 1 aromatic heterocycles. The smallest absolute Gasteiger partial charge is 0.366 e. The van der Waals surface area contributed by atoms with Crippen LogP contribution < -0.4 is 10.6 Å². The summed E-state index contributed by atoms with van der Waals surface area (Å²) in [6, 6.07) is 18.6. The lowest BCUT2D eigenvalue weighted by Gasteiger charge is -2.21. The number of H-pyrrole nitrogens is 1.